The van der Waals surface area contributed by atoms with Crippen LogP contribution in [0.1, 0.15) is 5.56 Å². The van der Waals surface area contributed by atoms with Crippen molar-refractivity contribution in [2.45, 2.75) is 6.92 Å². The van der Waals surface area contributed by atoms with Crippen molar-refractivity contribution in [1.82, 2.24) is 24.9 Å². The van der Waals surface area contributed by atoms with Gasteiger partial charge in [0.15, 0.2) is 5.82 Å². The minimum Gasteiger partial charge on any atom is -0.256 e. The normalized spacial score (nSPS) is 11.4. The van der Waals surface area contributed by atoms with Crippen molar-refractivity contribution in [3.63, 3.8) is 0 Å². The molecule has 5 heteroatoms. The van der Waals surface area contributed by atoms with E-state index in [1.54, 1.807) is 0 Å². The second-order valence-corrected chi connectivity index (χ2v) is 13.8. The third-order valence-electron chi connectivity index (χ3n) is 10.2. The molecule has 0 saturated heterocycles. The third kappa shape index (κ3) is 6.08. The van der Waals surface area contributed by atoms with Crippen LogP contribution in [-0.4, -0.2) is 24.9 Å². The van der Waals surface area contributed by atoms with Crippen LogP contribution in [0.5, 0.6) is 0 Å². The van der Waals surface area contributed by atoms with E-state index >= 15 is 0 Å². The van der Waals surface area contributed by atoms with Crippen molar-refractivity contribution in [1.29, 1.82) is 0 Å². The standard InChI is InChI=1S/C50H33N5/c1-32-28-44(53-49-41(32)25-23-35-24-26-43(52-48(35)49)33-12-4-2-5-13-33)39-19-9-20-40(30-39)46-31-45(54-50(55-46)36-14-6-3-7-15-36)38-18-8-17-37(29-38)42-22-10-16-34-21-11-27-51-47(34)42/h2-31H,1H3. The molecule has 0 atom stereocenters. The van der Waals surface area contributed by atoms with Gasteiger partial charge in [0.25, 0.3) is 0 Å². The molecule has 55 heavy (non-hydrogen) atoms. The summed E-state index contributed by atoms with van der Waals surface area (Å²) in [5, 5.41) is 3.27. The average Bonchev–Trinajstić information content (AvgIpc) is 3.26. The maximum atomic E-state index is 5.29. The first-order valence-corrected chi connectivity index (χ1v) is 18.4. The summed E-state index contributed by atoms with van der Waals surface area (Å²) in [5.74, 6) is 0.669. The Morgan fingerprint density at radius 2 is 0.909 bits per heavy atom. The van der Waals surface area contributed by atoms with E-state index < -0.39 is 0 Å². The molecule has 0 bridgehead atoms. The van der Waals surface area contributed by atoms with Gasteiger partial charge in [0.05, 0.1) is 39.3 Å². The summed E-state index contributed by atoms with van der Waals surface area (Å²) < 4.78 is 0. The first kappa shape index (κ1) is 32.3. The third-order valence-corrected chi connectivity index (χ3v) is 10.2. The molecule has 4 aromatic heterocycles. The zero-order valence-electron chi connectivity index (χ0n) is 30.1. The second kappa shape index (κ2) is 13.6. The van der Waals surface area contributed by atoms with E-state index in [1.807, 2.05) is 48.7 Å². The van der Waals surface area contributed by atoms with Crippen LogP contribution in [0, 0.1) is 6.92 Å². The molecule has 0 aliphatic heterocycles. The van der Waals surface area contributed by atoms with Gasteiger partial charge in [0, 0.05) is 55.7 Å². The van der Waals surface area contributed by atoms with Gasteiger partial charge in [-0.25, -0.2) is 19.9 Å². The number of fused-ring (bicyclic) bond motifs is 4. The number of aryl methyl sites for hydroxylation is 1. The van der Waals surface area contributed by atoms with Gasteiger partial charge in [-0.15, -0.1) is 0 Å². The Kier molecular flexibility index (Phi) is 7.96. The van der Waals surface area contributed by atoms with Crippen molar-refractivity contribution in [3.8, 4) is 67.5 Å². The molecule has 10 rings (SSSR count). The van der Waals surface area contributed by atoms with Crippen LogP contribution >= 0.6 is 0 Å². The van der Waals surface area contributed by atoms with Crippen molar-refractivity contribution < 1.29 is 0 Å². The Bertz CT molecular complexity index is 3040. The Morgan fingerprint density at radius 3 is 1.65 bits per heavy atom. The van der Waals surface area contributed by atoms with Gasteiger partial charge in [-0.3, -0.25) is 4.98 Å². The summed E-state index contributed by atoms with van der Waals surface area (Å²) in [4.78, 5) is 25.4. The zero-order chi connectivity index (χ0) is 36.7. The Hall–Kier alpha value is -7.37. The molecule has 0 saturated carbocycles. The second-order valence-electron chi connectivity index (χ2n) is 13.8. The lowest BCUT2D eigenvalue weighted by molar-refractivity contribution is 1.18. The van der Waals surface area contributed by atoms with Crippen LogP contribution in [-0.2, 0) is 0 Å². The Morgan fingerprint density at radius 1 is 0.345 bits per heavy atom. The molecule has 6 aromatic carbocycles. The number of rotatable bonds is 6. The first-order valence-electron chi connectivity index (χ1n) is 18.4. The van der Waals surface area contributed by atoms with Crippen LogP contribution in [0.2, 0.25) is 0 Å². The number of hydrogen-bond donors (Lipinski definition) is 0. The molecule has 0 spiro atoms. The molecule has 5 nitrogen and oxygen atoms in total. The molecule has 0 N–H and O–H groups in total. The molecule has 0 unspecified atom stereocenters. The highest BCUT2D eigenvalue weighted by atomic mass is 14.9. The fraction of sp³-hybridized carbons (Fsp3) is 0.0200. The lowest BCUT2D eigenvalue weighted by Gasteiger charge is -2.13. The maximum Gasteiger partial charge on any atom is 0.160 e. The number of nitrogens with zero attached hydrogens (tertiary/aromatic N) is 5. The molecule has 258 valence electrons. The average molecular weight is 704 g/mol. The van der Waals surface area contributed by atoms with Crippen LogP contribution in [0.25, 0.3) is 100 Å². The van der Waals surface area contributed by atoms with Gasteiger partial charge in [-0.1, -0.05) is 140 Å². The van der Waals surface area contributed by atoms with E-state index in [-0.39, 0.29) is 0 Å². The van der Waals surface area contributed by atoms with E-state index in [4.69, 9.17) is 24.9 Å². The number of aromatic nitrogens is 5. The van der Waals surface area contributed by atoms with Crippen molar-refractivity contribution in [3.05, 3.63) is 188 Å². The molecular weight excluding hydrogens is 671 g/mol. The minimum absolute atomic E-state index is 0.669. The van der Waals surface area contributed by atoms with Gasteiger partial charge in [0.2, 0.25) is 0 Å². The number of para-hydroxylation sites is 1. The van der Waals surface area contributed by atoms with Crippen molar-refractivity contribution in [2.75, 3.05) is 0 Å². The Labute approximate surface area is 318 Å². The zero-order valence-corrected chi connectivity index (χ0v) is 30.1. The van der Waals surface area contributed by atoms with Gasteiger partial charge < -0.3 is 0 Å². The fourth-order valence-corrected chi connectivity index (χ4v) is 7.44. The summed E-state index contributed by atoms with van der Waals surface area (Å²) in [7, 11) is 0. The molecule has 0 amide bonds. The SMILES string of the molecule is Cc1cc(-c2cccc(-c3cc(-c4cccc(-c5cccc6cccnc56)c4)nc(-c4ccccc4)n3)c2)nc2c1ccc1ccc(-c3ccccc3)nc12. The summed E-state index contributed by atoms with van der Waals surface area (Å²) in [6.07, 6.45) is 1.85. The molecule has 0 radical (unpaired) electrons. The fourth-order valence-electron chi connectivity index (χ4n) is 7.44. The van der Waals surface area contributed by atoms with E-state index in [2.05, 4.69) is 140 Å². The summed E-state index contributed by atoms with van der Waals surface area (Å²) >= 11 is 0. The van der Waals surface area contributed by atoms with Crippen molar-refractivity contribution in [2.24, 2.45) is 0 Å². The van der Waals surface area contributed by atoms with E-state index in [9.17, 15) is 0 Å². The van der Waals surface area contributed by atoms with E-state index in [0.29, 0.717) is 5.82 Å². The van der Waals surface area contributed by atoms with Crippen molar-refractivity contribution >= 4 is 32.7 Å². The largest absolute Gasteiger partial charge is 0.256 e. The van der Waals surface area contributed by atoms with Gasteiger partial charge >= 0.3 is 0 Å². The number of pyridine rings is 3. The molecule has 0 aliphatic rings. The lowest BCUT2D eigenvalue weighted by atomic mass is 9.98. The predicted molar refractivity (Wildman–Crippen MR) is 225 cm³/mol. The first-order chi connectivity index (χ1) is 27.1. The Balaban J connectivity index is 1.10. The summed E-state index contributed by atoms with van der Waals surface area (Å²) in [5.41, 5.74) is 14.6. The highest BCUT2D eigenvalue weighted by Gasteiger charge is 2.15. The summed E-state index contributed by atoms with van der Waals surface area (Å²) in [6, 6.07) is 60.7. The number of benzene rings is 6. The van der Waals surface area contributed by atoms with Gasteiger partial charge in [0.1, 0.15) is 0 Å². The molecule has 10 aromatic rings. The smallest absolute Gasteiger partial charge is 0.160 e. The topological polar surface area (TPSA) is 64.5 Å². The van der Waals surface area contributed by atoms with Crippen LogP contribution in [0.3, 0.4) is 0 Å². The van der Waals surface area contributed by atoms with Crippen LogP contribution in [0.4, 0.5) is 0 Å². The molecule has 0 fully saturated rings. The lowest BCUT2D eigenvalue weighted by Crippen LogP contribution is -1.97. The van der Waals surface area contributed by atoms with Gasteiger partial charge in [-0.05, 0) is 54.4 Å². The molecule has 4 heterocycles. The maximum absolute atomic E-state index is 5.29. The highest BCUT2D eigenvalue weighted by molar-refractivity contribution is 6.05. The monoisotopic (exact) mass is 703 g/mol. The van der Waals surface area contributed by atoms with E-state index in [0.717, 1.165) is 100.0 Å². The predicted octanol–water partition coefficient (Wildman–Crippen LogP) is 12.4. The molecular formula is C50H33N5. The molecule has 0 aliphatic carbocycles. The van der Waals surface area contributed by atoms with Gasteiger partial charge in [-0.2, -0.15) is 0 Å². The minimum atomic E-state index is 0.669. The van der Waals surface area contributed by atoms with Crippen LogP contribution in [0.15, 0.2) is 182 Å². The van der Waals surface area contributed by atoms with E-state index in [1.165, 1.54) is 0 Å². The highest BCUT2D eigenvalue weighted by Crippen LogP contribution is 2.35. The summed E-state index contributed by atoms with van der Waals surface area (Å²) in [6.45, 7) is 2.15. The quantitative estimate of drug-likeness (QED) is 0.161. The van der Waals surface area contributed by atoms with Crippen LogP contribution < -0.4 is 0 Å². The number of hydrogen-bond acceptors (Lipinski definition) is 5.